The highest BCUT2D eigenvalue weighted by atomic mass is 16.5. The molecule has 5 nitrogen and oxygen atoms in total. The number of nitrogens with zero attached hydrogens (tertiary/aromatic N) is 1. The van der Waals surface area contributed by atoms with Gasteiger partial charge < -0.3 is 19.1 Å². The van der Waals surface area contributed by atoms with Crippen molar-refractivity contribution in [2.45, 2.75) is 26.5 Å². The summed E-state index contributed by atoms with van der Waals surface area (Å²) in [6.45, 7) is 4.35. The van der Waals surface area contributed by atoms with E-state index in [9.17, 15) is 4.79 Å². The van der Waals surface area contributed by atoms with Gasteiger partial charge in [0, 0.05) is 24.7 Å². The van der Waals surface area contributed by atoms with Crippen LogP contribution in [0.4, 0.5) is 0 Å². The molecule has 1 amide bonds. The maximum atomic E-state index is 12.6. The quantitative estimate of drug-likeness (QED) is 0.768. The van der Waals surface area contributed by atoms with Gasteiger partial charge in [0.15, 0.2) is 11.5 Å². The van der Waals surface area contributed by atoms with Gasteiger partial charge in [0.1, 0.15) is 5.75 Å². The minimum absolute atomic E-state index is 0.0685. The van der Waals surface area contributed by atoms with E-state index in [1.165, 1.54) is 0 Å². The van der Waals surface area contributed by atoms with Gasteiger partial charge in [0.05, 0.1) is 20.3 Å². The first kappa shape index (κ1) is 18.6. The average Bonchev–Trinajstić information content (AvgIpc) is 2.60. The highest BCUT2D eigenvalue weighted by Crippen LogP contribution is 2.31. The minimum Gasteiger partial charge on any atom is -0.493 e. The summed E-state index contributed by atoms with van der Waals surface area (Å²) in [6.07, 6.45) is 0.102. The van der Waals surface area contributed by atoms with Gasteiger partial charge in [-0.05, 0) is 44.2 Å². The van der Waals surface area contributed by atoms with Crippen LogP contribution in [0.3, 0.4) is 0 Å². The van der Waals surface area contributed by atoms with Gasteiger partial charge in [0.25, 0.3) is 5.91 Å². The van der Waals surface area contributed by atoms with Crippen molar-refractivity contribution >= 4 is 5.91 Å². The largest absolute Gasteiger partial charge is 0.493 e. The molecule has 25 heavy (non-hydrogen) atoms. The van der Waals surface area contributed by atoms with Gasteiger partial charge in [-0.25, -0.2) is 0 Å². The summed E-state index contributed by atoms with van der Waals surface area (Å²) < 4.78 is 16.3. The molecule has 2 aromatic rings. The average molecular weight is 343 g/mol. The molecule has 0 saturated heterocycles. The van der Waals surface area contributed by atoms with Gasteiger partial charge >= 0.3 is 0 Å². The Labute approximate surface area is 149 Å². The number of hydrogen-bond donors (Lipinski definition) is 0. The second-order valence-electron chi connectivity index (χ2n) is 6.00. The zero-order chi connectivity index (χ0) is 18.4. The van der Waals surface area contributed by atoms with Crippen LogP contribution in [0.15, 0.2) is 42.5 Å². The number of carbonyl (C=O) groups excluding carboxylic acids is 1. The topological polar surface area (TPSA) is 48.0 Å². The van der Waals surface area contributed by atoms with Crippen LogP contribution in [0.2, 0.25) is 0 Å². The third-order valence-corrected chi connectivity index (χ3v) is 3.71. The Hall–Kier alpha value is -2.69. The SMILES string of the molecule is COc1cccc(CN(C)C(=O)c2ccc(OC(C)C)cc2)c1OC. The van der Waals surface area contributed by atoms with Gasteiger partial charge in [-0.3, -0.25) is 4.79 Å². The summed E-state index contributed by atoms with van der Waals surface area (Å²) >= 11 is 0. The normalized spacial score (nSPS) is 10.5. The minimum atomic E-state index is -0.0685. The summed E-state index contributed by atoms with van der Waals surface area (Å²) in [5.74, 6) is 1.98. The van der Waals surface area contributed by atoms with E-state index in [1.807, 2.05) is 44.2 Å². The molecule has 0 saturated carbocycles. The van der Waals surface area contributed by atoms with E-state index in [0.29, 0.717) is 23.6 Å². The second-order valence-corrected chi connectivity index (χ2v) is 6.00. The molecule has 0 fully saturated rings. The van der Waals surface area contributed by atoms with Crippen molar-refractivity contribution in [3.8, 4) is 17.2 Å². The number of hydrogen-bond acceptors (Lipinski definition) is 4. The number of para-hydroxylation sites is 1. The van der Waals surface area contributed by atoms with Crippen molar-refractivity contribution in [1.82, 2.24) is 4.90 Å². The van der Waals surface area contributed by atoms with Gasteiger partial charge in [0.2, 0.25) is 0 Å². The summed E-state index contributed by atoms with van der Waals surface area (Å²) in [7, 11) is 4.95. The molecule has 0 spiro atoms. The molecule has 0 unspecified atom stereocenters. The fourth-order valence-electron chi connectivity index (χ4n) is 2.57. The van der Waals surface area contributed by atoms with Crippen LogP contribution in [-0.2, 0) is 6.54 Å². The fraction of sp³-hybridized carbons (Fsp3) is 0.350. The molecule has 0 aliphatic rings. The number of carbonyl (C=O) groups is 1. The van der Waals surface area contributed by atoms with Gasteiger partial charge in [-0.1, -0.05) is 12.1 Å². The van der Waals surface area contributed by atoms with Gasteiger partial charge in [-0.2, -0.15) is 0 Å². The van der Waals surface area contributed by atoms with E-state index in [1.54, 1.807) is 38.3 Å². The lowest BCUT2D eigenvalue weighted by Crippen LogP contribution is -2.26. The van der Waals surface area contributed by atoms with Crippen molar-refractivity contribution < 1.29 is 19.0 Å². The van der Waals surface area contributed by atoms with E-state index in [2.05, 4.69) is 0 Å². The summed E-state index contributed by atoms with van der Waals surface area (Å²) in [4.78, 5) is 14.3. The van der Waals surface area contributed by atoms with Crippen molar-refractivity contribution in [3.05, 3.63) is 53.6 Å². The van der Waals surface area contributed by atoms with E-state index in [0.717, 1.165) is 11.3 Å². The van der Waals surface area contributed by atoms with Crippen LogP contribution in [0, 0.1) is 0 Å². The first-order chi connectivity index (χ1) is 12.0. The Morgan fingerprint density at radius 3 is 2.28 bits per heavy atom. The van der Waals surface area contributed by atoms with Crippen LogP contribution in [0.1, 0.15) is 29.8 Å². The number of ether oxygens (including phenoxy) is 3. The first-order valence-corrected chi connectivity index (χ1v) is 8.18. The molecule has 0 aliphatic carbocycles. The van der Waals surface area contributed by atoms with Crippen molar-refractivity contribution in [2.75, 3.05) is 21.3 Å². The molecular formula is C20H25NO4. The molecule has 0 aromatic heterocycles. The van der Waals surface area contributed by atoms with Crippen LogP contribution < -0.4 is 14.2 Å². The highest BCUT2D eigenvalue weighted by molar-refractivity contribution is 5.94. The molecule has 0 N–H and O–H groups in total. The zero-order valence-electron chi connectivity index (χ0n) is 15.4. The van der Waals surface area contributed by atoms with E-state index < -0.39 is 0 Å². The molecule has 0 radical (unpaired) electrons. The third kappa shape index (κ3) is 4.66. The van der Waals surface area contributed by atoms with Crippen LogP contribution in [0.25, 0.3) is 0 Å². The summed E-state index contributed by atoms with van der Waals surface area (Å²) in [6, 6.07) is 12.8. The van der Waals surface area contributed by atoms with Crippen LogP contribution in [-0.4, -0.2) is 38.2 Å². The monoisotopic (exact) mass is 343 g/mol. The van der Waals surface area contributed by atoms with Gasteiger partial charge in [-0.15, -0.1) is 0 Å². The molecule has 134 valence electrons. The van der Waals surface area contributed by atoms with E-state index >= 15 is 0 Å². The Bertz CT molecular complexity index is 710. The first-order valence-electron chi connectivity index (χ1n) is 8.18. The maximum Gasteiger partial charge on any atom is 0.253 e. The molecule has 2 rings (SSSR count). The molecule has 0 aliphatic heterocycles. The molecule has 2 aromatic carbocycles. The van der Waals surface area contributed by atoms with E-state index in [4.69, 9.17) is 14.2 Å². The molecule has 0 atom stereocenters. The van der Waals surface area contributed by atoms with Crippen LogP contribution >= 0.6 is 0 Å². The second kappa shape index (κ2) is 8.42. The molecule has 0 heterocycles. The maximum absolute atomic E-state index is 12.6. The predicted molar refractivity (Wildman–Crippen MR) is 97.5 cm³/mol. The lowest BCUT2D eigenvalue weighted by atomic mass is 10.1. The summed E-state index contributed by atoms with van der Waals surface area (Å²) in [5, 5.41) is 0. The Morgan fingerprint density at radius 1 is 1.04 bits per heavy atom. The van der Waals surface area contributed by atoms with Crippen molar-refractivity contribution in [2.24, 2.45) is 0 Å². The summed E-state index contributed by atoms with van der Waals surface area (Å²) in [5.41, 5.74) is 1.50. The highest BCUT2D eigenvalue weighted by Gasteiger charge is 2.16. The molecule has 0 bridgehead atoms. The number of methoxy groups -OCH3 is 2. The zero-order valence-corrected chi connectivity index (χ0v) is 15.4. The number of benzene rings is 2. The predicted octanol–water partition coefficient (Wildman–Crippen LogP) is 3.76. The van der Waals surface area contributed by atoms with E-state index in [-0.39, 0.29) is 12.0 Å². The van der Waals surface area contributed by atoms with Crippen molar-refractivity contribution in [1.29, 1.82) is 0 Å². The Morgan fingerprint density at radius 2 is 1.72 bits per heavy atom. The van der Waals surface area contributed by atoms with Crippen LogP contribution in [0.5, 0.6) is 17.2 Å². The number of amides is 1. The molecule has 5 heteroatoms. The Balaban J connectivity index is 2.13. The third-order valence-electron chi connectivity index (χ3n) is 3.71. The lowest BCUT2D eigenvalue weighted by molar-refractivity contribution is 0.0784. The fourth-order valence-corrected chi connectivity index (χ4v) is 2.57. The lowest BCUT2D eigenvalue weighted by Gasteiger charge is -2.20. The smallest absolute Gasteiger partial charge is 0.253 e. The Kier molecular flexibility index (Phi) is 6.28. The number of rotatable bonds is 7. The molecular weight excluding hydrogens is 318 g/mol. The standard InChI is InChI=1S/C20H25NO4/c1-14(2)25-17-11-9-15(10-12-17)20(22)21(3)13-16-7-6-8-18(23-4)19(16)24-5/h6-12,14H,13H2,1-5H3. The van der Waals surface area contributed by atoms with Crippen molar-refractivity contribution in [3.63, 3.8) is 0 Å².